The van der Waals surface area contributed by atoms with Crippen molar-refractivity contribution < 1.29 is 14.3 Å². The lowest BCUT2D eigenvalue weighted by Crippen LogP contribution is -2.49. The number of piperidine rings is 1. The Balaban J connectivity index is 1.52. The zero-order chi connectivity index (χ0) is 19.7. The summed E-state index contributed by atoms with van der Waals surface area (Å²) < 4.78 is 5.18. The summed E-state index contributed by atoms with van der Waals surface area (Å²) in [5.74, 6) is 0.728. The summed E-state index contributed by atoms with van der Waals surface area (Å²) >= 11 is 3.24. The van der Waals surface area contributed by atoms with Crippen LogP contribution in [0.15, 0.2) is 5.03 Å². The number of amides is 1. The minimum atomic E-state index is -0.445. The molecule has 4 rings (SSSR count). The first-order valence-electron chi connectivity index (χ1n) is 9.96. The Bertz CT molecular complexity index is 912. The monoisotopic (exact) mass is 419 g/mol. The van der Waals surface area contributed by atoms with Gasteiger partial charge in [-0.05, 0) is 57.9 Å². The molecule has 0 saturated carbocycles. The molecule has 6 nitrogen and oxygen atoms in total. The molecule has 150 valence electrons. The average molecular weight is 420 g/mol. The maximum absolute atomic E-state index is 12.9. The molecule has 0 N–H and O–H groups in total. The number of ether oxygens (including phenoxy) is 1. The second-order valence-electron chi connectivity index (χ2n) is 7.25. The molecule has 0 aromatic carbocycles. The quantitative estimate of drug-likeness (QED) is 0.419. The zero-order valence-corrected chi connectivity index (χ0v) is 18.0. The number of likely N-dealkylation sites (tertiary alicyclic amines) is 1. The van der Waals surface area contributed by atoms with Gasteiger partial charge in [0, 0.05) is 16.8 Å². The van der Waals surface area contributed by atoms with E-state index in [2.05, 4.69) is 9.97 Å². The van der Waals surface area contributed by atoms with Crippen LogP contribution in [0.3, 0.4) is 0 Å². The Labute approximate surface area is 173 Å². The van der Waals surface area contributed by atoms with E-state index >= 15 is 0 Å². The molecule has 2 aromatic rings. The van der Waals surface area contributed by atoms with Crippen LogP contribution in [0.2, 0.25) is 0 Å². The Morgan fingerprint density at radius 3 is 2.93 bits per heavy atom. The number of thioether (sulfide) groups is 1. The van der Waals surface area contributed by atoms with Gasteiger partial charge in [-0.3, -0.25) is 4.79 Å². The highest BCUT2D eigenvalue weighted by molar-refractivity contribution is 8.00. The van der Waals surface area contributed by atoms with Crippen molar-refractivity contribution in [2.75, 3.05) is 18.9 Å². The van der Waals surface area contributed by atoms with Crippen LogP contribution in [0.25, 0.3) is 10.2 Å². The third-order valence-corrected chi connectivity index (χ3v) is 7.50. The fourth-order valence-corrected chi connectivity index (χ4v) is 6.45. The van der Waals surface area contributed by atoms with Crippen molar-refractivity contribution in [2.45, 2.75) is 63.4 Å². The van der Waals surface area contributed by atoms with Crippen molar-refractivity contribution in [3.05, 3.63) is 16.3 Å². The average Bonchev–Trinajstić information content (AvgIpc) is 3.26. The molecule has 2 aliphatic rings. The van der Waals surface area contributed by atoms with Crippen molar-refractivity contribution >= 4 is 45.2 Å². The molecule has 2 aromatic heterocycles. The fourth-order valence-electron chi connectivity index (χ4n) is 4.10. The number of aromatic nitrogens is 2. The lowest BCUT2D eigenvalue weighted by Gasteiger charge is -2.34. The van der Waals surface area contributed by atoms with Crippen LogP contribution in [0.1, 0.15) is 48.9 Å². The first-order valence-corrected chi connectivity index (χ1v) is 11.8. The first kappa shape index (κ1) is 19.6. The lowest BCUT2D eigenvalue weighted by atomic mass is 10.0. The highest BCUT2D eigenvalue weighted by atomic mass is 32.2. The minimum Gasteiger partial charge on any atom is -0.464 e. The topological polar surface area (TPSA) is 72.4 Å². The smallest absolute Gasteiger partial charge is 0.328 e. The normalized spacial score (nSPS) is 19.1. The maximum atomic E-state index is 12.9. The largest absolute Gasteiger partial charge is 0.464 e. The van der Waals surface area contributed by atoms with Crippen molar-refractivity contribution in [3.63, 3.8) is 0 Å². The summed E-state index contributed by atoms with van der Waals surface area (Å²) in [6.45, 7) is 4.66. The van der Waals surface area contributed by atoms with Gasteiger partial charge in [0.25, 0.3) is 0 Å². The number of carbonyl (C=O) groups excluding carboxylic acids is 2. The molecule has 8 heteroatoms. The van der Waals surface area contributed by atoms with Crippen LogP contribution in [-0.2, 0) is 27.2 Å². The van der Waals surface area contributed by atoms with E-state index in [1.807, 2.05) is 6.92 Å². The number of carbonyl (C=O) groups is 2. The molecule has 1 fully saturated rings. The summed E-state index contributed by atoms with van der Waals surface area (Å²) in [7, 11) is 0. The van der Waals surface area contributed by atoms with E-state index in [0.29, 0.717) is 19.6 Å². The molecule has 28 heavy (non-hydrogen) atoms. The molecule has 0 spiro atoms. The minimum absolute atomic E-state index is 0.0148. The predicted octanol–water partition coefficient (Wildman–Crippen LogP) is 3.52. The summed E-state index contributed by atoms with van der Waals surface area (Å²) in [5, 5.41) is 2.04. The fraction of sp³-hybridized carbons (Fsp3) is 0.600. The lowest BCUT2D eigenvalue weighted by molar-refractivity contribution is -0.155. The second kappa shape index (κ2) is 8.37. The molecule has 1 saturated heterocycles. The SMILES string of the molecule is CCOC(=O)[C@@H]1CCCCN1C(=O)CSc1nc(C)nc2sc3c(c12)CCC3. The molecule has 0 bridgehead atoms. The summed E-state index contributed by atoms with van der Waals surface area (Å²) in [4.78, 5) is 38.6. The van der Waals surface area contributed by atoms with Crippen LogP contribution in [0, 0.1) is 6.92 Å². The molecule has 3 heterocycles. The molecular formula is C20H25N3O3S2. The van der Waals surface area contributed by atoms with E-state index < -0.39 is 6.04 Å². The van der Waals surface area contributed by atoms with Crippen LogP contribution >= 0.6 is 23.1 Å². The van der Waals surface area contributed by atoms with Gasteiger partial charge in [-0.2, -0.15) is 0 Å². The third kappa shape index (κ3) is 3.76. The molecule has 1 aliphatic heterocycles. The van der Waals surface area contributed by atoms with Gasteiger partial charge in [0.1, 0.15) is 21.7 Å². The predicted molar refractivity (Wildman–Crippen MR) is 111 cm³/mol. The van der Waals surface area contributed by atoms with E-state index in [1.54, 1.807) is 23.2 Å². The summed E-state index contributed by atoms with van der Waals surface area (Å²) in [6, 6.07) is -0.445. The second-order valence-corrected chi connectivity index (χ2v) is 9.30. The zero-order valence-electron chi connectivity index (χ0n) is 16.3. The molecule has 0 radical (unpaired) electrons. The van der Waals surface area contributed by atoms with E-state index in [-0.39, 0.29) is 17.6 Å². The molecule has 1 atom stereocenters. The number of fused-ring (bicyclic) bond motifs is 3. The van der Waals surface area contributed by atoms with Gasteiger partial charge in [-0.1, -0.05) is 11.8 Å². The number of rotatable bonds is 5. The van der Waals surface area contributed by atoms with Gasteiger partial charge in [0.2, 0.25) is 5.91 Å². The summed E-state index contributed by atoms with van der Waals surface area (Å²) in [6.07, 6.45) is 5.94. The highest BCUT2D eigenvalue weighted by Crippen LogP contribution is 2.40. The molecule has 1 aliphatic carbocycles. The molecular weight excluding hydrogens is 394 g/mol. The van der Waals surface area contributed by atoms with Gasteiger partial charge in [0.15, 0.2) is 0 Å². The Hall–Kier alpha value is -1.67. The van der Waals surface area contributed by atoms with Crippen molar-refractivity contribution in [1.29, 1.82) is 0 Å². The van der Waals surface area contributed by atoms with Crippen LogP contribution in [0.5, 0.6) is 0 Å². The Kier molecular flexibility index (Phi) is 5.87. The maximum Gasteiger partial charge on any atom is 0.328 e. The Morgan fingerprint density at radius 2 is 2.11 bits per heavy atom. The van der Waals surface area contributed by atoms with Gasteiger partial charge in [0.05, 0.1) is 12.4 Å². The summed E-state index contributed by atoms with van der Waals surface area (Å²) in [5.41, 5.74) is 1.37. The number of hydrogen-bond donors (Lipinski definition) is 0. The number of thiophene rings is 1. The van der Waals surface area contributed by atoms with Crippen LogP contribution < -0.4 is 0 Å². The van der Waals surface area contributed by atoms with Crippen molar-refractivity contribution in [1.82, 2.24) is 14.9 Å². The first-order chi connectivity index (χ1) is 13.6. The van der Waals surface area contributed by atoms with Gasteiger partial charge >= 0.3 is 5.97 Å². The van der Waals surface area contributed by atoms with E-state index in [0.717, 1.165) is 46.8 Å². The third-order valence-electron chi connectivity index (χ3n) is 5.36. The van der Waals surface area contributed by atoms with Gasteiger partial charge < -0.3 is 9.64 Å². The van der Waals surface area contributed by atoms with E-state index in [9.17, 15) is 9.59 Å². The molecule has 0 unspecified atom stereocenters. The molecule has 1 amide bonds. The van der Waals surface area contributed by atoms with E-state index in [4.69, 9.17) is 4.74 Å². The number of aryl methyl sites for hydroxylation is 3. The van der Waals surface area contributed by atoms with Crippen molar-refractivity contribution in [3.8, 4) is 0 Å². The van der Waals surface area contributed by atoms with Gasteiger partial charge in [-0.25, -0.2) is 14.8 Å². The van der Waals surface area contributed by atoms with Gasteiger partial charge in [-0.15, -0.1) is 11.3 Å². The number of esters is 1. The van der Waals surface area contributed by atoms with Crippen molar-refractivity contribution in [2.24, 2.45) is 0 Å². The van der Waals surface area contributed by atoms with E-state index in [1.165, 1.54) is 28.6 Å². The number of hydrogen-bond acceptors (Lipinski definition) is 7. The Morgan fingerprint density at radius 1 is 1.25 bits per heavy atom. The standard InChI is InChI=1S/C20H25N3O3S2/c1-3-26-20(25)14-8-4-5-10-23(14)16(24)11-27-18-17-13-7-6-9-15(13)28-19(17)22-12(2)21-18/h14H,3-11H2,1-2H3/t14-/m0/s1. The van der Waals surface area contributed by atoms with Crippen LogP contribution in [0.4, 0.5) is 0 Å². The highest BCUT2D eigenvalue weighted by Gasteiger charge is 2.33. The number of nitrogens with zero attached hydrogens (tertiary/aromatic N) is 3. The van der Waals surface area contributed by atoms with Crippen LogP contribution in [-0.4, -0.2) is 51.7 Å².